The highest BCUT2D eigenvalue weighted by Crippen LogP contribution is 2.11. The molecule has 11 N–H and O–H groups in total. The molecule has 2 aromatic carbocycles. The Morgan fingerprint density at radius 3 is 2.05 bits per heavy atom. The van der Waals surface area contributed by atoms with Gasteiger partial charge in [0, 0.05) is 13.0 Å². The largest absolute Gasteiger partial charge is 0.508 e. The number of hydrogen-bond donors (Lipinski definition) is 8. The predicted molar refractivity (Wildman–Crippen MR) is 144 cm³/mol. The molecule has 0 heterocycles. The number of aliphatic imine (C=N–C) groups is 1. The van der Waals surface area contributed by atoms with E-state index in [-0.39, 0.29) is 37.5 Å². The molecule has 0 spiro atoms. The molecule has 39 heavy (non-hydrogen) atoms. The SMILES string of the molecule is NC(N)=NCCCC(NC(=O)C(Cc1ccccc1)NC(=O)C(N)Cc1ccc(O)cc1)C(=O)NCC(=O)O. The Bertz CT molecular complexity index is 1140. The first kappa shape index (κ1) is 30.6. The monoisotopic (exact) mass is 541 g/mol. The van der Waals surface area contributed by atoms with E-state index in [1.54, 1.807) is 36.4 Å². The van der Waals surface area contributed by atoms with Gasteiger partial charge in [0.25, 0.3) is 0 Å². The maximum atomic E-state index is 13.3. The molecule has 0 saturated carbocycles. The van der Waals surface area contributed by atoms with Crippen LogP contribution in [-0.4, -0.2) is 71.1 Å². The third-order valence-corrected chi connectivity index (χ3v) is 5.64. The van der Waals surface area contributed by atoms with Crippen LogP contribution in [0.3, 0.4) is 0 Å². The van der Waals surface area contributed by atoms with Crippen LogP contribution >= 0.6 is 0 Å². The molecule has 3 atom stereocenters. The zero-order valence-corrected chi connectivity index (χ0v) is 21.4. The molecule has 0 aliphatic heterocycles. The maximum Gasteiger partial charge on any atom is 0.322 e. The van der Waals surface area contributed by atoms with Gasteiger partial charge in [-0.15, -0.1) is 0 Å². The van der Waals surface area contributed by atoms with Crippen LogP contribution in [0.2, 0.25) is 0 Å². The smallest absolute Gasteiger partial charge is 0.322 e. The van der Waals surface area contributed by atoms with E-state index in [4.69, 9.17) is 22.3 Å². The quantitative estimate of drug-likeness (QED) is 0.0761. The molecular formula is C26H35N7O6. The number of nitrogens with one attached hydrogen (secondary N) is 3. The zero-order chi connectivity index (χ0) is 28.8. The fourth-order valence-corrected chi connectivity index (χ4v) is 3.65. The van der Waals surface area contributed by atoms with Crippen LogP contribution in [-0.2, 0) is 32.0 Å². The third-order valence-electron chi connectivity index (χ3n) is 5.64. The number of hydrogen-bond acceptors (Lipinski definition) is 7. The average molecular weight is 542 g/mol. The van der Waals surface area contributed by atoms with Gasteiger partial charge in [0.15, 0.2) is 5.96 Å². The standard InChI is InChI=1S/C26H35N7O6/c27-19(13-17-8-10-18(34)11-9-17)23(37)33-21(14-16-5-2-1-3-6-16)25(39)32-20(7-4-12-30-26(28)29)24(38)31-15-22(35)36/h1-3,5-6,8-11,19-21,34H,4,7,12-15,27H2,(H,31,38)(H,32,39)(H,33,37)(H,35,36)(H4,28,29,30). The predicted octanol–water partition coefficient (Wildman–Crippen LogP) is -1.27. The van der Waals surface area contributed by atoms with E-state index >= 15 is 0 Å². The fourth-order valence-electron chi connectivity index (χ4n) is 3.65. The minimum atomic E-state index is -1.24. The summed E-state index contributed by atoms with van der Waals surface area (Å²) in [6, 6.07) is 12.0. The zero-order valence-electron chi connectivity index (χ0n) is 21.4. The summed E-state index contributed by atoms with van der Waals surface area (Å²) < 4.78 is 0. The minimum absolute atomic E-state index is 0.0802. The summed E-state index contributed by atoms with van der Waals surface area (Å²) in [5, 5.41) is 25.9. The van der Waals surface area contributed by atoms with Crippen molar-refractivity contribution in [2.75, 3.05) is 13.1 Å². The number of phenolic OH excluding ortho intramolecular Hbond substituents is 1. The number of nitrogens with zero attached hydrogens (tertiary/aromatic N) is 1. The lowest BCUT2D eigenvalue weighted by Crippen LogP contribution is -2.57. The van der Waals surface area contributed by atoms with Crippen LogP contribution in [0.15, 0.2) is 59.6 Å². The second-order valence-electron chi connectivity index (χ2n) is 8.85. The second kappa shape index (κ2) is 15.6. The molecule has 13 nitrogen and oxygen atoms in total. The molecule has 0 aliphatic carbocycles. The molecule has 2 rings (SSSR count). The lowest BCUT2D eigenvalue weighted by atomic mass is 10.0. The Hall–Kier alpha value is -4.65. The van der Waals surface area contributed by atoms with Crippen molar-refractivity contribution in [1.29, 1.82) is 0 Å². The van der Waals surface area contributed by atoms with Gasteiger partial charge in [-0.25, -0.2) is 0 Å². The summed E-state index contributed by atoms with van der Waals surface area (Å²) in [4.78, 5) is 53.7. The van der Waals surface area contributed by atoms with Crippen LogP contribution in [0.1, 0.15) is 24.0 Å². The molecule has 2 aromatic rings. The van der Waals surface area contributed by atoms with Gasteiger partial charge in [-0.3, -0.25) is 24.2 Å². The lowest BCUT2D eigenvalue weighted by molar-refractivity contribution is -0.138. The van der Waals surface area contributed by atoms with E-state index in [2.05, 4.69) is 20.9 Å². The molecule has 0 fully saturated rings. The van der Waals surface area contributed by atoms with E-state index in [9.17, 15) is 24.3 Å². The van der Waals surface area contributed by atoms with E-state index in [1.807, 2.05) is 6.07 Å². The Morgan fingerprint density at radius 2 is 1.44 bits per heavy atom. The number of rotatable bonds is 15. The number of carbonyl (C=O) groups excluding carboxylic acids is 3. The highest BCUT2D eigenvalue weighted by atomic mass is 16.4. The van der Waals surface area contributed by atoms with Crippen LogP contribution < -0.4 is 33.2 Å². The first-order chi connectivity index (χ1) is 18.5. The van der Waals surface area contributed by atoms with E-state index in [0.29, 0.717) is 6.42 Å². The van der Waals surface area contributed by atoms with Gasteiger partial charge in [0.05, 0.1) is 6.04 Å². The molecule has 210 valence electrons. The van der Waals surface area contributed by atoms with Crippen molar-refractivity contribution >= 4 is 29.7 Å². The number of amides is 3. The van der Waals surface area contributed by atoms with Crippen molar-refractivity contribution in [1.82, 2.24) is 16.0 Å². The van der Waals surface area contributed by atoms with Crippen LogP contribution in [0.5, 0.6) is 5.75 Å². The number of aromatic hydroxyl groups is 1. The first-order valence-corrected chi connectivity index (χ1v) is 12.3. The van der Waals surface area contributed by atoms with Crippen molar-refractivity contribution in [3.63, 3.8) is 0 Å². The van der Waals surface area contributed by atoms with Gasteiger partial charge in [-0.1, -0.05) is 42.5 Å². The molecule has 13 heteroatoms. The molecule has 3 unspecified atom stereocenters. The summed E-state index contributed by atoms with van der Waals surface area (Å²) in [7, 11) is 0. The average Bonchev–Trinajstić information content (AvgIpc) is 2.90. The van der Waals surface area contributed by atoms with Gasteiger partial charge in [0.2, 0.25) is 17.7 Å². The Morgan fingerprint density at radius 1 is 0.821 bits per heavy atom. The molecule has 3 amide bonds. The Kier molecular flexibility index (Phi) is 12.2. The van der Waals surface area contributed by atoms with Gasteiger partial charge < -0.3 is 43.4 Å². The second-order valence-corrected chi connectivity index (χ2v) is 8.85. The summed E-state index contributed by atoms with van der Waals surface area (Å²) in [5.41, 5.74) is 18.2. The molecular weight excluding hydrogens is 506 g/mol. The Balaban J connectivity index is 2.16. The number of benzene rings is 2. The van der Waals surface area contributed by atoms with Crippen molar-refractivity contribution < 1.29 is 29.4 Å². The summed E-state index contributed by atoms with van der Waals surface area (Å²) in [6.45, 7) is -0.438. The highest BCUT2D eigenvalue weighted by molar-refractivity contribution is 5.93. The van der Waals surface area contributed by atoms with Gasteiger partial charge in [-0.2, -0.15) is 0 Å². The minimum Gasteiger partial charge on any atom is -0.508 e. The van der Waals surface area contributed by atoms with Gasteiger partial charge in [0.1, 0.15) is 24.4 Å². The maximum absolute atomic E-state index is 13.3. The number of carboxylic acids is 1. The van der Waals surface area contributed by atoms with Crippen LogP contribution in [0.4, 0.5) is 0 Å². The van der Waals surface area contributed by atoms with Gasteiger partial charge >= 0.3 is 5.97 Å². The first-order valence-electron chi connectivity index (χ1n) is 12.3. The van der Waals surface area contributed by atoms with Crippen molar-refractivity contribution in [3.05, 3.63) is 65.7 Å². The number of aliphatic carboxylic acids is 1. The summed E-state index contributed by atoms with van der Waals surface area (Å²) >= 11 is 0. The fraction of sp³-hybridized carbons (Fsp3) is 0.346. The molecule has 0 radical (unpaired) electrons. The van der Waals surface area contributed by atoms with Crippen molar-refractivity contribution in [2.24, 2.45) is 22.2 Å². The van der Waals surface area contributed by atoms with E-state index in [0.717, 1.165) is 11.1 Å². The van der Waals surface area contributed by atoms with Crippen molar-refractivity contribution in [2.45, 2.75) is 43.8 Å². The molecule has 0 bridgehead atoms. The topological polar surface area (TPSA) is 235 Å². The lowest BCUT2D eigenvalue weighted by Gasteiger charge is -2.24. The molecule has 0 saturated heterocycles. The third kappa shape index (κ3) is 11.5. The number of carbonyl (C=O) groups is 4. The summed E-state index contributed by atoms with van der Waals surface area (Å²) in [6.07, 6.45) is 0.704. The number of guanidine groups is 1. The number of phenols is 1. The van der Waals surface area contributed by atoms with Crippen LogP contribution in [0, 0.1) is 0 Å². The van der Waals surface area contributed by atoms with E-state index in [1.165, 1.54) is 12.1 Å². The molecule has 0 aromatic heterocycles. The Labute approximate surface area is 225 Å². The van der Waals surface area contributed by atoms with Crippen LogP contribution in [0.25, 0.3) is 0 Å². The van der Waals surface area contributed by atoms with Gasteiger partial charge in [-0.05, 0) is 42.5 Å². The van der Waals surface area contributed by atoms with Crippen molar-refractivity contribution in [3.8, 4) is 5.75 Å². The summed E-state index contributed by atoms with van der Waals surface area (Å²) in [5.74, 6) is -3.23. The van der Waals surface area contributed by atoms with E-state index < -0.39 is 48.4 Å². The highest BCUT2D eigenvalue weighted by Gasteiger charge is 2.28. The normalized spacial score (nSPS) is 12.8. The molecule has 0 aliphatic rings. The number of nitrogens with two attached hydrogens (primary N) is 3. The number of carboxylic acid groups (broad SMARTS) is 1.